The van der Waals surface area contributed by atoms with Crippen LogP contribution in [-0.2, 0) is 0 Å². The van der Waals surface area contributed by atoms with Crippen LogP contribution in [0.25, 0.3) is 0 Å². The minimum atomic E-state index is -0.807. The highest BCUT2D eigenvalue weighted by Gasteiger charge is 2.18. The predicted octanol–water partition coefficient (Wildman–Crippen LogP) is 2.81. The summed E-state index contributed by atoms with van der Waals surface area (Å²) in [6.45, 7) is 1.71. The molecule has 0 saturated heterocycles. The van der Waals surface area contributed by atoms with Crippen molar-refractivity contribution in [2.45, 2.75) is 6.92 Å². The molecule has 0 atom stereocenters. The molecule has 2 heterocycles. The maximum Gasteiger partial charge on any atom is 0.224 e. The average molecular weight is 251 g/mol. The van der Waals surface area contributed by atoms with E-state index in [9.17, 15) is 9.18 Å². The predicted molar refractivity (Wildman–Crippen MR) is 61.6 cm³/mol. The van der Waals surface area contributed by atoms with Crippen LogP contribution in [0.1, 0.15) is 21.6 Å². The molecule has 5 heteroatoms. The first-order valence-electron chi connectivity index (χ1n) is 4.88. The highest BCUT2D eigenvalue weighted by Crippen LogP contribution is 2.16. The number of pyridine rings is 2. The van der Waals surface area contributed by atoms with E-state index in [1.165, 1.54) is 18.3 Å². The van der Waals surface area contributed by atoms with E-state index >= 15 is 0 Å². The normalized spacial score (nSPS) is 10.3. The number of carbonyl (C=O) groups is 1. The summed E-state index contributed by atoms with van der Waals surface area (Å²) in [6, 6.07) is 6.10. The molecule has 0 aromatic carbocycles. The summed E-state index contributed by atoms with van der Waals surface area (Å²) in [5.74, 6) is -1.32. The third kappa shape index (κ3) is 2.31. The van der Waals surface area contributed by atoms with Gasteiger partial charge in [0.25, 0.3) is 0 Å². The molecule has 17 heavy (non-hydrogen) atoms. The fourth-order valence-electron chi connectivity index (χ4n) is 1.42. The zero-order valence-electron chi connectivity index (χ0n) is 8.95. The minimum Gasteiger partial charge on any atom is -0.287 e. The van der Waals surface area contributed by atoms with Gasteiger partial charge >= 0.3 is 0 Å². The van der Waals surface area contributed by atoms with Crippen LogP contribution in [0, 0.1) is 12.9 Å². The van der Waals surface area contributed by atoms with Gasteiger partial charge in [-0.15, -0.1) is 0 Å². The van der Waals surface area contributed by atoms with Gasteiger partial charge in [-0.1, -0.05) is 17.7 Å². The Morgan fingerprint density at radius 3 is 2.82 bits per heavy atom. The van der Waals surface area contributed by atoms with Crippen LogP contribution in [0.3, 0.4) is 0 Å². The quantitative estimate of drug-likeness (QED) is 0.608. The zero-order chi connectivity index (χ0) is 12.4. The molecule has 0 unspecified atom stereocenters. The van der Waals surface area contributed by atoms with Crippen molar-refractivity contribution in [1.29, 1.82) is 0 Å². The van der Waals surface area contributed by atoms with Gasteiger partial charge in [-0.25, -0.2) is 9.97 Å². The number of rotatable bonds is 2. The van der Waals surface area contributed by atoms with E-state index in [0.717, 1.165) is 0 Å². The molecule has 86 valence electrons. The van der Waals surface area contributed by atoms with Gasteiger partial charge in [-0.2, -0.15) is 4.39 Å². The lowest BCUT2D eigenvalue weighted by Crippen LogP contribution is -2.09. The second kappa shape index (κ2) is 4.59. The standard InChI is InChI=1S/C12H8ClFN2O/c1-7-4-5-9(13)16-10(7)11(17)8-3-2-6-15-12(8)14/h2-6H,1H3. The number of ketones is 1. The summed E-state index contributed by atoms with van der Waals surface area (Å²) in [6.07, 6.45) is 1.28. The van der Waals surface area contributed by atoms with Crippen LogP contribution in [-0.4, -0.2) is 15.8 Å². The van der Waals surface area contributed by atoms with Gasteiger partial charge in [-0.3, -0.25) is 4.79 Å². The van der Waals surface area contributed by atoms with Crippen LogP contribution in [0.2, 0.25) is 5.15 Å². The molecule has 0 aliphatic rings. The third-order valence-corrected chi connectivity index (χ3v) is 2.49. The summed E-state index contributed by atoms with van der Waals surface area (Å²) in [5.41, 5.74) is 0.678. The molecular weight excluding hydrogens is 243 g/mol. The second-order valence-electron chi connectivity index (χ2n) is 3.47. The lowest BCUT2D eigenvalue weighted by atomic mass is 10.1. The van der Waals surface area contributed by atoms with Crippen molar-refractivity contribution in [3.63, 3.8) is 0 Å². The summed E-state index contributed by atoms with van der Waals surface area (Å²) in [7, 11) is 0. The first-order valence-corrected chi connectivity index (χ1v) is 5.26. The number of aromatic nitrogens is 2. The van der Waals surface area contributed by atoms with Gasteiger partial charge in [0.05, 0.1) is 5.56 Å². The molecule has 2 aromatic heterocycles. The lowest BCUT2D eigenvalue weighted by Gasteiger charge is -2.04. The molecule has 0 amide bonds. The molecule has 0 radical (unpaired) electrons. The van der Waals surface area contributed by atoms with Crippen LogP contribution in [0.15, 0.2) is 30.5 Å². The Morgan fingerprint density at radius 2 is 2.12 bits per heavy atom. The van der Waals surface area contributed by atoms with Gasteiger partial charge in [0.15, 0.2) is 0 Å². The van der Waals surface area contributed by atoms with Gasteiger partial charge in [0, 0.05) is 6.20 Å². The number of carbonyl (C=O) groups excluding carboxylic acids is 1. The van der Waals surface area contributed by atoms with Gasteiger partial charge < -0.3 is 0 Å². The molecular formula is C12H8ClFN2O. The van der Waals surface area contributed by atoms with Crippen LogP contribution in [0.4, 0.5) is 4.39 Å². The first kappa shape index (κ1) is 11.7. The highest BCUT2D eigenvalue weighted by atomic mass is 35.5. The number of aryl methyl sites for hydroxylation is 1. The summed E-state index contributed by atoms with van der Waals surface area (Å²) < 4.78 is 13.4. The Morgan fingerprint density at radius 1 is 1.35 bits per heavy atom. The van der Waals surface area contributed by atoms with E-state index in [0.29, 0.717) is 5.56 Å². The van der Waals surface area contributed by atoms with E-state index < -0.39 is 11.7 Å². The molecule has 0 N–H and O–H groups in total. The topological polar surface area (TPSA) is 42.9 Å². The molecule has 0 fully saturated rings. The summed E-state index contributed by atoms with van der Waals surface area (Å²) in [5, 5.41) is 0.197. The summed E-state index contributed by atoms with van der Waals surface area (Å²) in [4.78, 5) is 19.4. The molecule has 0 spiro atoms. The van der Waals surface area contributed by atoms with Gasteiger partial charge in [0.1, 0.15) is 10.8 Å². The maximum atomic E-state index is 13.4. The average Bonchev–Trinajstić information content (AvgIpc) is 2.32. The number of halogens is 2. The van der Waals surface area contributed by atoms with Crippen LogP contribution < -0.4 is 0 Å². The van der Waals surface area contributed by atoms with Crippen LogP contribution >= 0.6 is 11.6 Å². The fraction of sp³-hybridized carbons (Fsp3) is 0.0833. The first-order chi connectivity index (χ1) is 8.09. The fourth-order valence-corrected chi connectivity index (χ4v) is 1.57. The molecule has 2 aromatic rings. The third-order valence-electron chi connectivity index (χ3n) is 2.28. The number of hydrogen-bond donors (Lipinski definition) is 0. The molecule has 0 aliphatic carbocycles. The Labute approximate surface area is 102 Å². The molecule has 0 bridgehead atoms. The van der Waals surface area contributed by atoms with E-state index in [2.05, 4.69) is 9.97 Å². The smallest absolute Gasteiger partial charge is 0.224 e. The Bertz CT molecular complexity index is 586. The van der Waals surface area contributed by atoms with E-state index in [1.807, 2.05) is 0 Å². The van der Waals surface area contributed by atoms with E-state index in [1.54, 1.807) is 19.1 Å². The van der Waals surface area contributed by atoms with Gasteiger partial charge in [0.2, 0.25) is 11.7 Å². The van der Waals surface area contributed by atoms with E-state index in [4.69, 9.17) is 11.6 Å². The SMILES string of the molecule is Cc1ccc(Cl)nc1C(=O)c1cccnc1F. The number of hydrogen-bond acceptors (Lipinski definition) is 3. The van der Waals surface area contributed by atoms with E-state index in [-0.39, 0.29) is 16.4 Å². The van der Waals surface area contributed by atoms with Crippen molar-refractivity contribution in [2.24, 2.45) is 0 Å². The Kier molecular flexibility index (Phi) is 3.15. The van der Waals surface area contributed by atoms with Crippen LogP contribution in [0.5, 0.6) is 0 Å². The van der Waals surface area contributed by atoms with Crippen molar-refractivity contribution in [1.82, 2.24) is 9.97 Å². The van der Waals surface area contributed by atoms with Crippen molar-refractivity contribution in [2.75, 3.05) is 0 Å². The maximum absolute atomic E-state index is 13.4. The molecule has 0 aliphatic heterocycles. The lowest BCUT2D eigenvalue weighted by molar-refractivity contribution is 0.102. The molecule has 0 saturated carbocycles. The monoisotopic (exact) mass is 250 g/mol. The molecule has 3 nitrogen and oxygen atoms in total. The van der Waals surface area contributed by atoms with Crippen molar-refractivity contribution >= 4 is 17.4 Å². The zero-order valence-corrected chi connectivity index (χ0v) is 9.70. The summed E-state index contributed by atoms with van der Waals surface area (Å²) >= 11 is 5.72. The molecule has 2 rings (SSSR count). The largest absolute Gasteiger partial charge is 0.287 e. The minimum absolute atomic E-state index is 0.106. The van der Waals surface area contributed by atoms with Crippen molar-refractivity contribution in [3.05, 3.63) is 58.4 Å². The van der Waals surface area contributed by atoms with Crippen molar-refractivity contribution < 1.29 is 9.18 Å². The van der Waals surface area contributed by atoms with Gasteiger partial charge in [-0.05, 0) is 30.7 Å². The highest BCUT2D eigenvalue weighted by molar-refractivity contribution is 6.29. The Hall–Kier alpha value is -1.81. The number of nitrogens with zero attached hydrogens (tertiary/aromatic N) is 2. The van der Waals surface area contributed by atoms with Crippen molar-refractivity contribution in [3.8, 4) is 0 Å². The second-order valence-corrected chi connectivity index (χ2v) is 3.86. The Balaban J connectivity index is 2.51.